The van der Waals surface area contributed by atoms with E-state index in [1.54, 1.807) is 18.2 Å². The molecule has 1 aliphatic heterocycles. The smallest absolute Gasteiger partial charge is 0.323 e. The van der Waals surface area contributed by atoms with Gasteiger partial charge in [0.15, 0.2) is 6.61 Å². The van der Waals surface area contributed by atoms with Crippen LogP contribution >= 0.6 is 0 Å². The van der Waals surface area contributed by atoms with Crippen LogP contribution < -0.4 is 9.64 Å². The van der Waals surface area contributed by atoms with Crippen LogP contribution in [-0.2, 0) is 20.8 Å². The maximum absolute atomic E-state index is 12.7. The lowest BCUT2D eigenvalue weighted by Crippen LogP contribution is -2.43. The molecule has 1 N–H and O–H groups in total. The summed E-state index contributed by atoms with van der Waals surface area (Å²) in [6, 6.07) is 16.7. The molecule has 3 rings (SSSR count). The fourth-order valence-electron chi connectivity index (χ4n) is 3.13. The molecule has 0 atom stereocenters. The number of rotatable bonds is 8. The van der Waals surface area contributed by atoms with Gasteiger partial charge < -0.3 is 19.6 Å². The fraction of sp³-hybridized carbons (Fsp3) is 0.286. The van der Waals surface area contributed by atoms with Gasteiger partial charge in [-0.05, 0) is 24.1 Å². The molecule has 0 radical (unpaired) electrons. The van der Waals surface area contributed by atoms with Gasteiger partial charge in [-0.15, -0.1) is 0 Å². The summed E-state index contributed by atoms with van der Waals surface area (Å²) in [5.74, 6) is -0.981. The van der Waals surface area contributed by atoms with Crippen molar-refractivity contribution in [3.8, 4) is 5.75 Å². The molecule has 0 bridgehead atoms. The van der Waals surface area contributed by atoms with Crippen LogP contribution in [0.15, 0.2) is 54.6 Å². The second kappa shape index (κ2) is 9.03. The third kappa shape index (κ3) is 4.88. The van der Waals surface area contributed by atoms with Crippen molar-refractivity contribution in [2.75, 3.05) is 31.1 Å². The molecule has 2 amide bonds. The fourth-order valence-corrected chi connectivity index (χ4v) is 3.13. The first-order chi connectivity index (χ1) is 13.5. The molecule has 146 valence electrons. The van der Waals surface area contributed by atoms with Gasteiger partial charge in [0.2, 0.25) is 5.91 Å². The topological polar surface area (TPSA) is 87.2 Å². The summed E-state index contributed by atoms with van der Waals surface area (Å²) in [6.07, 6.45) is 0.612. The molecular weight excluding hydrogens is 360 g/mol. The van der Waals surface area contributed by atoms with Crippen molar-refractivity contribution < 1.29 is 24.2 Å². The maximum atomic E-state index is 12.7. The van der Waals surface area contributed by atoms with Crippen LogP contribution in [0.1, 0.15) is 12.0 Å². The molecule has 1 heterocycles. The van der Waals surface area contributed by atoms with Gasteiger partial charge in [-0.2, -0.15) is 0 Å². The molecule has 0 saturated heterocycles. The highest BCUT2D eigenvalue weighted by Crippen LogP contribution is 2.31. The van der Waals surface area contributed by atoms with Crippen molar-refractivity contribution in [3.05, 3.63) is 60.2 Å². The lowest BCUT2D eigenvalue weighted by atomic mass is 10.1. The Kier molecular flexibility index (Phi) is 6.26. The molecule has 0 spiro atoms. The minimum atomic E-state index is -1.06. The van der Waals surface area contributed by atoms with Gasteiger partial charge in [0.05, 0.1) is 5.69 Å². The minimum Gasteiger partial charge on any atom is -0.482 e. The van der Waals surface area contributed by atoms with E-state index in [2.05, 4.69) is 0 Å². The Morgan fingerprint density at radius 2 is 1.79 bits per heavy atom. The van der Waals surface area contributed by atoms with E-state index >= 15 is 0 Å². The Labute approximate surface area is 163 Å². The number of para-hydroxylation sites is 2. The number of amides is 2. The zero-order valence-corrected chi connectivity index (χ0v) is 15.4. The zero-order valence-electron chi connectivity index (χ0n) is 15.4. The van der Waals surface area contributed by atoms with Crippen LogP contribution in [0.5, 0.6) is 5.75 Å². The predicted molar refractivity (Wildman–Crippen MR) is 103 cm³/mol. The number of carbonyl (C=O) groups excluding carboxylic acids is 2. The third-order valence-electron chi connectivity index (χ3n) is 4.55. The minimum absolute atomic E-state index is 0.0438. The Morgan fingerprint density at radius 1 is 1.07 bits per heavy atom. The molecule has 0 unspecified atom stereocenters. The Balaban J connectivity index is 1.63. The molecule has 0 aliphatic carbocycles. The number of ether oxygens (including phenoxy) is 1. The van der Waals surface area contributed by atoms with Crippen molar-refractivity contribution in [3.63, 3.8) is 0 Å². The number of anilines is 1. The lowest BCUT2D eigenvalue weighted by molar-refractivity contribution is -0.144. The molecule has 28 heavy (non-hydrogen) atoms. The normalized spacial score (nSPS) is 12.9. The van der Waals surface area contributed by atoms with Crippen molar-refractivity contribution >= 4 is 23.5 Å². The first kappa shape index (κ1) is 19.4. The van der Waals surface area contributed by atoms with E-state index in [1.165, 1.54) is 9.80 Å². The van der Waals surface area contributed by atoms with Crippen LogP contribution in [0.3, 0.4) is 0 Å². The second-order valence-corrected chi connectivity index (χ2v) is 6.50. The summed E-state index contributed by atoms with van der Waals surface area (Å²) in [4.78, 5) is 38.9. The highest BCUT2D eigenvalue weighted by Gasteiger charge is 2.26. The Bertz CT molecular complexity index is 853. The van der Waals surface area contributed by atoms with E-state index in [4.69, 9.17) is 9.84 Å². The number of hydrogen-bond donors (Lipinski definition) is 1. The van der Waals surface area contributed by atoms with E-state index in [9.17, 15) is 14.4 Å². The Hall–Kier alpha value is -3.35. The van der Waals surface area contributed by atoms with Gasteiger partial charge >= 0.3 is 5.97 Å². The molecule has 0 saturated carbocycles. The number of carboxylic acids is 1. The van der Waals surface area contributed by atoms with E-state index in [0.29, 0.717) is 24.4 Å². The number of carbonyl (C=O) groups is 3. The standard InChI is InChI=1S/C21H22N2O5/c24-19(22(14-21(26)27)12-10-16-6-2-1-3-7-16)11-13-23-17-8-4-5-9-18(17)28-15-20(23)25/h1-9H,10-15H2,(H,26,27). The molecule has 7 heteroatoms. The molecular formula is C21H22N2O5. The number of carboxylic acid groups (broad SMARTS) is 1. The van der Waals surface area contributed by atoms with Gasteiger partial charge in [0.25, 0.3) is 5.91 Å². The van der Waals surface area contributed by atoms with Crippen molar-refractivity contribution in [2.45, 2.75) is 12.8 Å². The van der Waals surface area contributed by atoms with Crippen LogP contribution in [-0.4, -0.2) is 54.0 Å². The average Bonchev–Trinajstić information content (AvgIpc) is 2.70. The lowest BCUT2D eigenvalue weighted by Gasteiger charge is -2.30. The largest absolute Gasteiger partial charge is 0.482 e. The number of nitrogens with zero attached hydrogens (tertiary/aromatic N) is 2. The van der Waals surface area contributed by atoms with E-state index < -0.39 is 5.97 Å². The summed E-state index contributed by atoms with van der Waals surface area (Å²) in [6.45, 7) is 0.0552. The van der Waals surface area contributed by atoms with Crippen molar-refractivity contribution in [2.24, 2.45) is 0 Å². The maximum Gasteiger partial charge on any atom is 0.323 e. The number of fused-ring (bicyclic) bond motifs is 1. The van der Waals surface area contributed by atoms with Gasteiger partial charge in [0.1, 0.15) is 12.3 Å². The highest BCUT2D eigenvalue weighted by molar-refractivity contribution is 5.98. The average molecular weight is 382 g/mol. The molecule has 2 aromatic rings. The van der Waals surface area contributed by atoms with Crippen LogP contribution in [0.2, 0.25) is 0 Å². The number of benzene rings is 2. The second-order valence-electron chi connectivity index (χ2n) is 6.50. The zero-order chi connectivity index (χ0) is 19.9. The van der Waals surface area contributed by atoms with E-state index in [-0.39, 0.29) is 37.9 Å². The summed E-state index contributed by atoms with van der Waals surface area (Å²) in [7, 11) is 0. The highest BCUT2D eigenvalue weighted by atomic mass is 16.5. The summed E-state index contributed by atoms with van der Waals surface area (Å²) in [5.41, 5.74) is 1.66. The van der Waals surface area contributed by atoms with Gasteiger partial charge in [0, 0.05) is 19.5 Å². The van der Waals surface area contributed by atoms with Crippen LogP contribution in [0.25, 0.3) is 0 Å². The van der Waals surface area contributed by atoms with Crippen molar-refractivity contribution in [1.82, 2.24) is 4.90 Å². The predicted octanol–water partition coefficient (Wildman–Crippen LogP) is 1.96. The summed E-state index contributed by atoms with van der Waals surface area (Å²) < 4.78 is 5.40. The van der Waals surface area contributed by atoms with Gasteiger partial charge in [-0.1, -0.05) is 42.5 Å². The van der Waals surface area contributed by atoms with Crippen LogP contribution in [0, 0.1) is 0 Å². The summed E-state index contributed by atoms with van der Waals surface area (Å²) >= 11 is 0. The monoisotopic (exact) mass is 382 g/mol. The number of aliphatic carboxylic acids is 1. The SMILES string of the molecule is O=C(O)CN(CCc1ccccc1)C(=O)CCN1C(=O)COc2ccccc21. The molecule has 2 aromatic carbocycles. The van der Waals surface area contributed by atoms with Crippen LogP contribution in [0.4, 0.5) is 5.69 Å². The first-order valence-electron chi connectivity index (χ1n) is 9.10. The number of hydrogen-bond acceptors (Lipinski definition) is 4. The first-order valence-corrected chi connectivity index (χ1v) is 9.10. The van der Waals surface area contributed by atoms with Gasteiger partial charge in [-0.25, -0.2) is 0 Å². The molecule has 1 aliphatic rings. The Morgan fingerprint density at radius 3 is 2.54 bits per heavy atom. The molecule has 0 fully saturated rings. The molecule has 0 aromatic heterocycles. The third-order valence-corrected chi connectivity index (χ3v) is 4.55. The quantitative estimate of drug-likeness (QED) is 0.754. The molecule has 7 nitrogen and oxygen atoms in total. The van der Waals surface area contributed by atoms with Crippen molar-refractivity contribution in [1.29, 1.82) is 0 Å². The summed E-state index contributed by atoms with van der Waals surface area (Å²) in [5, 5.41) is 9.14. The van der Waals surface area contributed by atoms with E-state index in [1.807, 2.05) is 36.4 Å². The van der Waals surface area contributed by atoms with E-state index in [0.717, 1.165) is 5.56 Å². The van der Waals surface area contributed by atoms with Gasteiger partial charge in [-0.3, -0.25) is 14.4 Å².